The molecule has 1 aliphatic rings. The fourth-order valence-corrected chi connectivity index (χ4v) is 3.73. The predicted octanol–water partition coefficient (Wildman–Crippen LogP) is 4.78. The molecular weight excluding hydrogens is 322 g/mol. The zero-order chi connectivity index (χ0) is 16.8. The molecule has 1 aromatic heterocycles. The van der Waals surface area contributed by atoms with Crippen LogP contribution in [0.3, 0.4) is 0 Å². The summed E-state index contributed by atoms with van der Waals surface area (Å²) < 4.78 is 11.2. The van der Waals surface area contributed by atoms with Crippen LogP contribution in [-0.2, 0) is 6.54 Å². The Morgan fingerprint density at radius 1 is 1.08 bits per heavy atom. The Kier molecular flexibility index (Phi) is 6.22. The van der Waals surface area contributed by atoms with Crippen molar-refractivity contribution in [2.75, 3.05) is 7.11 Å². The minimum absolute atomic E-state index is 0.606. The standard InChI is InChI=1S/C20H26ClNO2/c1-23-20-11-9-15(13-18(20)21)19-12-10-17(24-19)14-22-16-7-5-3-2-4-6-8-16/h9-13,16,22H,2-8,14H2,1H3/p+1. The minimum Gasteiger partial charge on any atom is -0.495 e. The molecule has 2 aromatic rings. The Morgan fingerprint density at radius 3 is 2.54 bits per heavy atom. The number of ether oxygens (including phenoxy) is 1. The number of furan rings is 1. The maximum absolute atomic E-state index is 6.20. The predicted molar refractivity (Wildman–Crippen MR) is 97.4 cm³/mol. The first-order valence-corrected chi connectivity index (χ1v) is 9.40. The molecule has 1 heterocycles. The fraction of sp³-hybridized carbons (Fsp3) is 0.500. The molecule has 0 atom stereocenters. The lowest BCUT2D eigenvalue weighted by atomic mass is 9.97. The van der Waals surface area contributed by atoms with E-state index < -0.39 is 0 Å². The quantitative estimate of drug-likeness (QED) is 0.844. The summed E-state index contributed by atoms with van der Waals surface area (Å²) in [5.74, 6) is 2.57. The van der Waals surface area contributed by atoms with Crippen LogP contribution in [0.4, 0.5) is 0 Å². The largest absolute Gasteiger partial charge is 0.495 e. The molecule has 0 radical (unpaired) electrons. The third-order valence-corrected chi connectivity index (χ3v) is 5.20. The Hall–Kier alpha value is -1.45. The van der Waals surface area contributed by atoms with E-state index in [-0.39, 0.29) is 0 Å². The molecule has 0 spiro atoms. The highest BCUT2D eigenvalue weighted by Crippen LogP contribution is 2.31. The first kappa shape index (κ1) is 17.4. The van der Waals surface area contributed by atoms with Gasteiger partial charge < -0.3 is 14.5 Å². The van der Waals surface area contributed by atoms with Gasteiger partial charge in [-0.05, 0) is 56.0 Å². The molecule has 0 bridgehead atoms. The van der Waals surface area contributed by atoms with Gasteiger partial charge in [-0.3, -0.25) is 0 Å². The summed E-state index contributed by atoms with van der Waals surface area (Å²) >= 11 is 6.20. The van der Waals surface area contributed by atoms with E-state index in [0.29, 0.717) is 10.8 Å². The van der Waals surface area contributed by atoms with Gasteiger partial charge in [0.25, 0.3) is 0 Å². The van der Waals surface area contributed by atoms with Crippen LogP contribution in [0.2, 0.25) is 5.02 Å². The van der Waals surface area contributed by atoms with Crippen LogP contribution >= 0.6 is 11.6 Å². The summed E-state index contributed by atoms with van der Waals surface area (Å²) in [6.07, 6.45) is 9.62. The average molecular weight is 349 g/mol. The summed E-state index contributed by atoms with van der Waals surface area (Å²) in [4.78, 5) is 0. The first-order valence-electron chi connectivity index (χ1n) is 9.02. The zero-order valence-electron chi connectivity index (χ0n) is 14.4. The van der Waals surface area contributed by atoms with Gasteiger partial charge in [0.1, 0.15) is 18.1 Å². The van der Waals surface area contributed by atoms with Crippen LogP contribution in [0.5, 0.6) is 5.75 Å². The molecule has 1 fully saturated rings. The van der Waals surface area contributed by atoms with Crippen molar-refractivity contribution in [2.45, 2.75) is 57.5 Å². The van der Waals surface area contributed by atoms with Crippen molar-refractivity contribution in [3.63, 3.8) is 0 Å². The normalized spacial score (nSPS) is 16.6. The van der Waals surface area contributed by atoms with Gasteiger partial charge in [-0.1, -0.05) is 30.9 Å². The van der Waals surface area contributed by atoms with Gasteiger partial charge in [-0.15, -0.1) is 0 Å². The molecule has 2 N–H and O–H groups in total. The molecule has 1 aromatic carbocycles. The number of rotatable bonds is 5. The van der Waals surface area contributed by atoms with Gasteiger partial charge >= 0.3 is 0 Å². The van der Waals surface area contributed by atoms with Crippen molar-refractivity contribution < 1.29 is 14.5 Å². The molecule has 4 heteroatoms. The third kappa shape index (κ3) is 4.55. The first-order chi connectivity index (χ1) is 11.8. The van der Waals surface area contributed by atoms with Crippen LogP contribution in [0.1, 0.15) is 50.7 Å². The van der Waals surface area contributed by atoms with Crippen LogP contribution in [0.25, 0.3) is 11.3 Å². The van der Waals surface area contributed by atoms with E-state index in [1.165, 1.54) is 44.9 Å². The zero-order valence-corrected chi connectivity index (χ0v) is 15.1. The second kappa shape index (κ2) is 8.59. The van der Waals surface area contributed by atoms with E-state index in [4.69, 9.17) is 20.8 Å². The lowest BCUT2D eigenvalue weighted by Gasteiger charge is -2.17. The summed E-state index contributed by atoms with van der Waals surface area (Å²) in [5, 5.41) is 3.06. The molecule has 0 amide bonds. The molecule has 24 heavy (non-hydrogen) atoms. The number of methoxy groups -OCH3 is 1. The van der Waals surface area contributed by atoms with Crippen molar-refractivity contribution in [3.05, 3.63) is 41.1 Å². The summed E-state index contributed by atoms with van der Waals surface area (Å²) in [5.41, 5.74) is 0.984. The highest BCUT2D eigenvalue weighted by atomic mass is 35.5. The van der Waals surface area contributed by atoms with Gasteiger partial charge in [-0.2, -0.15) is 0 Å². The molecular formula is C20H27ClNO2+. The van der Waals surface area contributed by atoms with Crippen LogP contribution < -0.4 is 10.1 Å². The summed E-state index contributed by atoms with van der Waals surface area (Å²) in [6, 6.07) is 10.6. The number of quaternary nitrogens is 1. The molecule has 0 saturated heterocycles. The number of halogens is 1. The Morgan fingerprint density at radius 2 is 1.83 bits per heavy atom. The van der Waals surface area contributed by atoms with E-state index in [2.05, 4.69) is 11.4 Å². The van der Waals surface area contributed by atoms with Gasteiger partial charge in [0.05, 0.1) is 18.2 Å². The lowest BCUT2D eigenvalue weighted by Crippen LogP contribution is -2.88. The maximum atomic E-state index is 6.20. The molecule has 0 aliphatic heterocycles. The number of benzene rings is 1. The van der Waals surface area contributed by atoms with E-state index in [9.17, 15) is 0 Å². The van der Waals surface area contributed by atoms with Crippen molar-refractivity contribution >= 4 is 11.6 Å². The van der Waals surface area contributed by atoms with E-state index in [1.807, 2.05) is 24.3 Å². The third-order valence-electron chi connectivity index (χ3n) is 4.90. The SMILES string of the molecule is COc1ccc(-c2ccc(C[NH2+]C3CCCCCCC3)o2)cc1Cl. The van der Waals surface area contributed by atoms with Gasteiger partial charge in [0.2, 0.25) is 0 Å². The Balaban J connectivity index is 1.59. The fourth-order valence-electron chi connectivity index (χ4n) is 3.47. The molecule has 0 unspecified atom stereocenters. The van der Waals surface area contributed by atoms with Crippen molar-refractivity contribution in [2.24, 2.45) is 0 Å². The summed E-state index contributed by atoms with van der Waals surface area (Å²) in [6.45, 7) is 0.911. The highest BCUT2D eigenvalue weighted by molar-refractivity contribution is 6.32. The number of hydrogen-bond donors (Lipinski definition) is 1. The Bertz CT molecular complexity index is 645. The number of nitrogens with two attached hydrogens (primary N) is 1. The molecule has 3 nitrogen and oxygen atoms in total. The maximum Gasteiger partial charge on any atom is 0.158 e. The van der Waals surface area contributed by atoms with E-state index in [0.717, 1.165) is 29.7 Å². The van der Waals surface area contributed by atoms with Crippen molar-refractivity contribution in [3.8, 4) is 17.1 Å². The van der Waals surface area contributed by atoms with Gasteiger partial charge in [0, 0.05) is 5.56 Å². The van der Waals surface area contributed by atoms with Crippen molar-refractivity contribution in [1.29, 1.82) is 0 Å². The second-order valence-corrected chi connectivity index (χ2v) is 7.07. The summed E-state index contributed by atoms with van der Waals surface area (Å²) in [7, 11) is 1.62. The van der Waals surface area contributed by atoms with Gasteiger partial charge in [0.15, 0.2) is 5.76 Å². The molecule has 130 valence electrons. The topological polar surface area (TPSA) is 39.0 Å². The monoisotopic (exact) mass is 348 g/mol. The van der Waals surface area contributed by atoms with E-state index in [1.54, 1.807) is 7.11 Å². The highest BCUT2D eigenvalue weighted by Gasteiger charge is 2.15. The van der Waals surface area contributed by atoms with Crippen LogP contribution in [0.15, 0.2) is 34.7 Å². The van der Waals surface area contributed by atoms with Crippen molar-refractivity contribution in [1.82, 2.24) is 0 Å². The number of hydrogen-bond acceptors (Lipinski definition) is 2. The average Bonchev–Trinajstić information content (AvgIpc) is 3.03. The minimum atomic E-state index is 0.606. The smallest absolute Gasteiger partial charge is 0.158 e. The lowest BCUT2D eigenvalue weighted by molar-refractivity contribution is -0.707. The molecule has 1 aliphatic carbocycles. The Labute approximate surface area is 149 Å². The van der Waals surface area contributed by atoms with Crippen LogP contribution in [0, 0.1) is 0 Å². The molecule has 3 rings (SSSR count). The van der Waals surface area contributed by atoms with Gasteiger partial charge in [-0.25, -0.2) is 0 Å². The molecule has 1 saturated carbocycles. The van der Waals surface area contributed by atoms with E-state index >= 15 is 0 Å². The van der Waals surface area contributed by atoms with Crippen LogP contribution in [-0.4, -0.2) is 13.2 Å². The second-order valence-electron chi connectivity index (χ2n) is 6.66.